The molecule has 20 atom stereocenters. The molecule has 0 aliphatic carbocycles. The summed E-state index contributed by atoms with van der Waals surface area (Å²) < 4.78 is 40.3. The van der Waals surface area contributed by atoms with E-state index in [-0.39, 0.29) is 0 Å². The third-order valence-corrected chi connectivity index (χ3v) is 8.97. The highest BCUT2D eigenvalue weighted by molar-refractivity contribution is 5.73. The van der Waals surface area contributed by atoms with Gasteiger partial charge in [0.2, 0.25) is 11.8 Å². The highest BCUT2D eigenvalue weighted by Gasteiger charge is 2.56. The molecule has 0 aromatic rings. The third kappa shape index (κ3) is 8.70. The number of nitrogens with one attached hydrogen (secondary N) is 2. The molecule has 0 spiro atoms. The van der Waals surface area contributed by atoms with Gasteiger partial charge < -0.3 is 100.0 Å². The van der Waals surface area contributed by atoms with Crippen LogP contribution in [0.1, 0.15) is 20.8 Å². The lowest BCUT2D eigenvalue weighted by atomic mass is 9.94. The van der Waals surface area contributed by atoms with E-state index >= 15 is 0 Å². The molecule has 22 nitrogen and oxygen atoms in total. The van der Waals surface area contributed by atoms with Crippen molar-refractivity contribution in [2.24, 2.45) is 0 Å². The molecule has 4 heterocycles. The zero-order valence-corrected chi connectivity index (χ0v) is 27.3. The predicted molar refractivity (Wildman–Crippen MR) is 156 cm³/mol. The molecule has 4 aliphatic rings. The highest BCUT2D eigenvalue weighted by Crippen LogP contribution is 2.36. The quantitative estimate of drug-likeness (QED) is 0.0938. The van der Waals surface area contributed by atoms with Crippen molar-refractivity contribution in [3.05, 3.63) is 0 Å². The van der Waals surface area contributed by atoms with E-state index in [1.165, 1.54) is 6.92 Å². The van der Waals surface area contributed by atoms with Gasteiger partial charge in [-0.1, -0.05) is 0 Å². The summed E-state index contributed by atoms with van der Waals surface area (Å²) in [6, 6.07) is -3.09. The first-order valence-electron chi connectivity index (χ1n) is 15.9. The molecule has 22 heteroatoms. The number of carbonyl (C=O) groups excluding carboxylic acids is 2. The Morgan fingerprint density at radius 1 is 0.520 bits per heavy atom. The first kappa shape index (κ1) is 41.0. The summed E-state index contributed by atoms with van der Waals surface area (Å²) in [6.45, 7) is 0.914. The summed E-state index contributed by atoms with van der Waals surface area (Å²) in [6.07, 6.45) is -31.1. The topological polar surface area (TPSA) is 345 Å². The van der Waals surface area contributed by atoms with Gasteiger partial charge in [0.05, 0.1) is 25.9 Å². The molecule has 50 heavy (non-hydrogen) atoms. The lowest BCUT2D eigenvalue weighted by molar-refractivity contribution is -0.396. The summed E-state index contributed by atoms with van der Waals surface area (Å²) >= 11 is 0. The van der Waals surface area contributed by atoms with E-state index in [1.54, 1.807) is 0 Å². The van der Waals surface area contributed by atoms with E-state index in [4.69, 9.17) is 33.2 Å². The molecule has 0 aromatic carbocycles. The normalized spacial score (nSPS) is 48.5. The van der Waals surface area contributed by atoms with Gasteiger partial charge in [0.15, 0.2) is 25.2 Å². The van der Waals surface area contributed by atoms with Gasteiger partial charge in [-0.15, -0.1) is 0 Å². The molecule has 0 radical (unpaired) electrons. The van der Waals surface area contributed by atoms with Gasteiger partial charge in [0.1, 0.15) is 91.4 Å². The van der Waals surface area contributed by atoms with E-state index in [9.17, 15) is 65.8 Å². The Morgan fingerprint density at radius 2 is 1.00 bits per heavy atom. The van der Waals surface area contributed by atoms with Crippen LogP contribution in [0.5, 0.6) is 0 Å². The number of ether oxygens (including phenoxy) is 7. The minimum absolute atomic E-state index is 0.707. The van der Waals surface area contributed by atoms with Crippen LogP contribution in [0.3, 0.4) is 0 Å². The number of aliphatic hydroxyl groups excluding tert-OH is 11. The van der Waals surface area contributed by atoms with Crippen molar-refractivity contribution >= 4 is 11.8 Å². The SMILES string of the molecule is CC(=O)N[C@@H]1[C@@H](O[C@@H]2O[C@H](CO)[C@H](O)[C@H](O[C@H]3O[C@H](CO)[C@H](O)[C@H](O)[C@H]3NC(C)=O)[C@H]2O[C@H]2O[C@H](C)[C@H](O)[C@H](O)[C@H]2O)[C@@H](O)[C@@H](CO)O[C@@H]1O. The maximum atomic E-state index is 12.1. The van der Waals surface area contributed by atoms with Crippen LogP contribution in [-0.4, -0.2) is 211 Å². The fraction of sp³-hybridized carbons (Fsp3) is 0.929. The van der Waals surface area contributed by atoms with E-state index in [2.05, 4.69) is 10.6 Å². The average Bonchev–Trinajstić information content (AvgIpc) is 3.07. The number of hydrogen-bond acceptors (Lipinski definition) is 20. The Bertz CT molecular complexity index is 1130. The lowest BCUT2D eigenvalue weighted by Crippen LogP contribution is -2.70. The zero-order valence-electron chi connectivity index (χ0n) is 27.3. The molecule has 0 bridgehead atoms. The van der Waals surface area contributed by atoms with Gasteiger partial charge in [-0.05, 0) is 6.92 Å². The maximum absolute atomic E-state index is 12.1. The van der Waals surface area contributed by atoms with Crippen LogP contribution in [0.4, 0.5) is 0 Å². The van der Waals surface area contributed by atoms with Crippen molar-refractivity contribution in [2.45, 2.75) is 143 Å². The predicted octanol–water partition coefficient (Wildman–Crippen LogP) is -8.43. The van der Waals surface area contributed by atoms with Gasteiger partial charge in [-0.3, -0.25) is 9.59 Å². The largest absolute Gasteiger partial charge is 0.394 e. The minimum Gasteiger partial charge on any atom is -0.394 e. The van der Waals surface area contributed by atoms with Gasteiger partial charge in [-0.25, -0.2) is 0 Å². The van der Waals surface area contributed by atoms with Crippen LogP contribution in [0, 0.1) is 0 Å². The molecule has 0 aromatic heterocycles. The van der Waals surface area contributed by atoms with Gasteiger partial charge in [0, 0.05) is 13.8 Å². The first-order chi connectivity index (χ1) is 23.5. The van der Waals surface area contributed by atoms with Crippen LogP contribution in [0.25, 0.3) is 0 Å². The van der Waals surface area contributed by atoms with E-state index in [0.717, 1.165) is 13.8 Å². The zero-order chi connectivity index (χ0) is 37.2. The molecule has 4 fully saturated rings. The Morgan fingerprint density at radius 3 is 1.58 bits per heavy atom. The molecule has 4 rings (SSSR count). The van der Waals surface area contributed by atoms with Crippen LogP contribution in [-0.2, 0) is 42.7 Å². The molecule has 0 unspecified atom stereocenters. The average molecular weight is 733 g/mol. The van der Waals surface area contributed by atoms with Crippen molar-refractivity contribution in [2.75, 3.05) is 19.8 Å². The Labute approximate surface area is 285 Å². The van der Waals surface area contributed by atoms with Crippen molar-refractivity contribution < 1.29 is 98.9 Å². The highest BCUT2D eigenvalue weighted by atomic mass is 16.8. The van der Waals surface area contributed by atoms with Crippen molar-refractivity contribution in [3.63, 3.8) is 0 Å². The van der Waals surface area contributed by atoms with Crippen LogP contribution < -0.4 is 10.6 Å². The number of aliphatic hydroxyl groups is 11. The van der Waals surface area contributed by atoms with Gasteiger partial charge >= 0.3 is 0 Å². The second-order valence-corrected chi connectivity index (χ2v) is 12.6. The van der Waals surface area contributed by atoms with Crippen molar-refractivity contribution in [3.8, 4) is 0 Å². The minimum atomic E-state index is -1.95. The molecular formula is C28H48N2O20. The molecule has 13 N–H and O–H groups in total. The summed E-state index contributed by atoms with van der Waals surface area (Å²) in [5, 5.41) is 120. The number of amides is 2. The van der Waals surface area contributed by atoms with Gasteiger partial charge in [-0.2, -0.15) is 0 Å². The summed E-state index contributed by atoms with van der Waals surface area (Å²) in [5.41, 5.74) is 0. The van der Waals surface area contributed by atoms with Crippen LogP contribution in [0.15, 0.2) is 0 Å². The monoisotopic (exact) mass is 732 g/mol. The maximum Gasteiger partial charge on any atom is 0.217 e. The van der Waals surface area contributed by atoms with Crippen LogP contribution >= 0.6 is 0 Å². The molecule has 290 valence electrons. The van der Waals surface area contributed by atoms with E-state index < -0.39 is 154 Å². The second-order valence-electron chi connectivity index (χ2n) is 12.6. The van der Waals surface area contributed by atoms with Crippen molar-refractivity contribution in [1.29, 1.82) is 0 Å². The number of hydrogen-bond donors (Lipinski definition) is 13. The Hall–Kier alpha value is -1.78. The molecule has 4 aliphatic heterocycles. The van der Waals surface area contributed by atoms with E-state index in [1.807, 2.05) is 0 Å². The fourth-order valence-corrected chi connectivity index (χ4v) is 6.26. The number of rotatable bonds is 11. The first-order valence-corrected chi connectivity index (χ1v) is 15.9. The van der Waals surface area contributed by atoms with E-state index in [0.29, 0.717) is 0 Å². The molecule has 4 saturated heterocycles. The second kappa shape index (κ2) is 17.4. The Balaban J connectivity index is 1.77. The standard InChI is InChI=1S/C28H48N2O20/c1-7-15(36)20(41)21(42)27(44-7)50-24-23(49-26-13(29-8(2)34)19(40)16(37)10(4-31)46-26)18(39)12(6-33)47-28(24)48-22-14(30-9(3)35)25(43)45-11(5-32)17(22)38/h7,10-28,31-33,36-43H,4-6H2,1-3H3,(H,29,34)(H,30,35)/t7-,10-,11-,12-,13-,14-,15+,16+,17+,18+,19-,20+,21-,22-,23+,24-,25+,26-,27-,28+/m1/s1. The Kier molecular flexibility index (Phi) is 14.2. The summed E-state index contributed by atoms with van der Waals surface area (Å²) in [4.78, 5) is 24.1. The molecule has 2 amide bonds. The number of carbonyl (C=O) groups is 2. The lowest BCUT2D eigenvalue weighted by Gasteiger charge is -2.51. The third-order valence-electron chi connectivity index (χ3n) is 8.97. The fourth-order valence-electron chi connectivity index (χ4n) is 6.26. The smallest absolute Gasteiger partial charge is 0.217 e. The van der Waals surface area contributed by atoms with Gasteiger partial charge in [0.25, 0.3) is 0 Å². The van der Waals surface area contributed by atoms with Crippen molar-refractivity contribution in [1.82, 2.24) is 10.6 Å². The summed E-state index contributed by atoms with van der Waals surface area (Å²) in [5.74, 6) is -1.42. The summed E-state index contributed by atoms with van der Waals surface area (Å²) in [7, 11) is 0. The van der Waals surface area contributed by atoms with Crippen LogP contribution in [0.2, 0.25) is 0 Å². The molecule has 0 saturated carbocycles. The molecular weight excluding hydrogens is 684 g/mol.